The van der Waals surface area contributed by atoms with Gasteiger partial charge in [0.1, 0.15) is 11.5 Å². The Hall–Kier alpha value is -1.96. The molecule has 0 saturated heterocycles. The largest absolute Gasteiger partial charge is 0.496 e. The minimum absolute atomic E-state index is 0.0807. The Morgan fingerprint density at radius 3 is 2.27 bits per heavy atom. The Balaban J connectivity index is 2.05. The maximum atomic E-state index is 5.64. The van der Waals surface area contributed by atoms with Gasteiger partial charge in [-0.05, 0) is 43.5 Å². The van der Waals surface area contributed by atoms with Crippen molar-refractivity contribution in [3.8, 4) is 11.5 Å². The van der Waals surface area contributed by atoms with Crippen LogP contribution in [0.25, 0.3) is 0 Å². The molecular weight excluding hydrogens is 272 g/mol. The molecule has 0 N–H and O–H groups in total. The molecule has 2 heteroatoms. The average molecular weight is 296 g/mol. The molecule has 0 heterocycles. The molecule has 0 aliphatic heterocycles. The van der Waals surface area contributed by atoms with Crippen molar-refractivity contribution in [2.45, 2.75) is 38.0 Å². The zero-order chi connectivity index (χ0) is 15.4. The van der Waals surface area contributed by atoms with Crippen LogP contribution in [-0.4, -0.2) is 13.7 Å². The van der Waals surface area contributed by atoms with Crippen molar-refractivity contribution in [2.24, 2.45) is 0 Å². The predicted octanol–water partition coefficient (Wildman–Crippen LogP) is 4.95. The molecule has 1 saturated carbocycles. The third kappa shape index (κ3) is 2.58. The molecule has 2 aromatic rings. The van der Waals surface area contributed by atoms with Gasteiger partial charge in [0.2, 0.25) is 0 Å². The normalized spacial score (nSPS) is 16.5. The Labute approximate surface area is 133 Å². The Morgan fingerprint density at radius 2 is 1.64 bits per heavy atom. The smallest absolute Gasteiger partial charge is 0.122 e. The summed E-state index contributed by atoms with van der Waals surface area (Å²) in [6.07, 6.45) is 4.90. The van der Waals surface area contributed by atoms with Crippen molar-refractivity contribution >= 4 is 0 Å². The summed E-state index contributed by atoms with van der Waals surface area (Å²) in [6, 6.07) is 17.1. The van der Waals surface area contributed by atoms with E-state index in [9.17, 15) is 0 Å². The standard InChI is InChI=1S/C20H24O2/c1-3-22-17-12-10-16(11-13-17)20(14-6-7-15-20)18-8-4-5-9-19(18)21-2/h4-5,8-13H,3,6-7,14-15H2,1-2H3. The summed E-state index contributed by atoms with van der Waals surface area (Å²) < 4.78 is 11.2. The molecule has 0 radical (unpaired) electrons. The highest BCUT2D eigenvalue weighted by atomic mass is 16.5. The summed E-state index contributed by atoms with van der Waals surface area (Å²) in [7, 11) is 1.76. The van der Waals surface area contributed by atoms with E-state index in [-0.39, 0.29) is 5.41 Å². The van der Waals surface area contributed by atoms with Gasteiger partial charge in [-0.15, -0.1) is 0 Å². The third-order valence-corrected chi connectivity index (χ3v) is 4.80. The lowest BCUT2D eigenvalue weighted by Crippen LogP contribution is -2.24. The molecule has 2 aromatic carbocycles. The Morgan fingerprint density at radius 1 is 0.955 bits per heavy atom. The molecule has 0 atom stereocenters. The maximum absolute atomic E-state index is 5.64. The number of para-hydroxylation sites is 1. The molecule has 1 aliphatic carbocycles. The predicted molar refractivity (Wildman–Crippen MR) is 89.9 cm³/mol. The van der Waals surface area contributed by atoms with Gasteiger partial charge in [-0.2, -0.15) is 0 Å². The lowest BCUT2D eigenvalue weighted by molar-refractivity contribution is 0.340. The van der Waals surface area contributed by atoms with E-state index in [1.165, 1.54) is 36.8 Å². The first-order valence-electron chi connectivity index (χ1n) is 8.17. The van der Waals surface area contributed by atoms with Crippen LogP contribution in [-0.2, 0) is 5.41 Å². The monoisotopic (exact) mass is 296 g/mol. The van der Waals surface area contributed by atoms with E-state index < -0.39 is 0 Å². The lowest BCUT2D eigenvalue weighted by Gasteiger charge is -2.32. The van der Waals surface area contributed by atoms with E-state index in [1.807, 2.05) is 13.0 Å². The van der Waals surface area contributed by atoms with Crippen molar-refractivity contribution in [3.05, 3.63) is 59.7 Å². The summed E-state index contributed by atoms with van der Waals surface area (Å²) >= 11 is 0. The second-order valence-corrected chi connectivity index (χ2v) is 5.95. The van der Waals surface area contributed by atoms with Crippen molar-refractivity contribution < 1.29 is 9.47 Å². The van der Waals surface area contributed by atoms with Crippen LogP contribution in [0.1, 0.15) is 43.7 Å². The van der Waals surface area contributed by atoms with Gasteiger partial charge in [-0.3, -0.25) is 0 Å². The van der Waals surface area contributed by atoms with Crippen molar-refractivity contribution in [3.63, 3.8) is 0 Å². The second kappa shape index (κ2) is 6.43. The summed E-state index contributed by atoms with van der Waals surface area (Å²) in [4.78, 5) is 0. The zero-order valence-electron chi connectivity index (χ0n) is 13.5. The first-order chi connectivity index (χ1) is 10.8. The van der Waals surface area contributed by atoms with E-state index in [1.54, 1.807) is 7.11 Å². The molecule has 0 amide bonds. The van der Waals surface area contributed by atoms with Crippen LogP contribution in [0.15, 0.2) is 48.5 Å². The first kappa shape index (κ1) is 15.0. The summed E-state index contributed by atoms with van der Waals surface area (Å²) in [5.41, 5.74) is 2.77. The highest BCUT2D eigenvalue weighted by molar-refractivity contribution is 5.48. The van der Waals surface area contributed by atoms with Crippen LogP contribution in [0.3, 0.4) is 0 Å². The summed E-state index contributed by atoms with van der Waals surface area (Å²) in [6.45, 7) is 2.72. The number of hydrogen-bond acceptors (Lipinski definition) is 2. The molecule has 0 spiro atoms. The molecule has 22 heavy (non-hydrogen) atoms. The molecule has 0 unspecified atom stereocenters. The van der Waals surface area contributed by atoms with Gasteiger partial charge in [0.15, 0.2) is 0 Å². The molecule has 1 aliphatic rings. The van der Waals surface area contributed by atoms with Crippen molar-refractivity contribution in [1.29, 1.82) is 0 Å². The number of methoxy groups -OCH3 is 1. The van der Waals surface area contributed by atoms with Crippen LogP contribution in [0.5, 0.6) is 11.5 Å². The molecule has 3 rings (SSSR count). The van der Waals surface area contributed by atoms with Gasteiger partial charge in [-0.1, -0.05) is 43.2 Å². The Kier molecular flexibility index (Phi) is 4.37. The SMILES string of the molecule is CCOc1ccc(C2(c3ccccc3OC)CCCC2)cc1. The van der Waals surface area contributed by atoms with Gasteiger partial charge in [0, 0.05) is 11.0 Å². The second-order valence-electron chi connectivity index (χ2n) is 5.95. The molecular formula is C20H24O2. The van der Waals surface area contributed by atoms with Crippen LogP contribution in [0, 0.1) is 0 Å². The molecule has 116 valence electrons. The van der Waals surface area contributed by atoms with Crippen molar-refractivity contribution in [1.82, 2.24) is 0 Å². The number of rotatable bonds is 5. The topological polar surface area (TPSA) is 18.5 Å². The molecule has 0 aromatic heterocycles. The van der Waals surface area contributed by atoms with Gasteiger partial charge >= 0.3 is 0 Å². The quantitative estimate of drug-likeness (QED) is 0.777. The first-order valence-corrected chi connectivity index (χ1v) is 8.17. The lowest BCUT2D eigenvalue weighted by atomic mass is 9.73. The number of ether oxygens (including phenoxy) is 2. The molecule has 0 bridgehead atoms. The van der Waals surface area contributed by atoms with Crippen LogP contribution < -0.4 is 9.47 Å². The van der Waals surface area contributed by atoms with E-state index >= 15 is 0 Å². The van der Waals surface area contributed by atoms with Crippen molar-refractivity contribution in [2.75, 3.05) is 13.7 Å². The van der Waals surface area contributed by atoms with E-state index in [0.717, 1.165) is 11.5 Å². The van der Waals surface area contributed by atoms with E-state index in [0.29, 0.717) is 6.61 Å². The van der Waals surface area contributed by atoms with E-state index in [2.05, 4.69) is 42.5 Å². The van der Waals surface area contributed by atoms with Crippen LogP contribution in [0.4, 0.5) is 0 Å². The average Bonchev–Trinajstić information content (AvgIpc) is 3.06. The highest BCUT2D eigenvalue weighted by Crippen LogP contribution is 2.49. The fourth-order valence-electron chi connectivity index (χ4n) is 3.77. The van der Waals surface area contributed by atoms with Gasteiger partial charge in [0.25, 0.3) is 0 Å². The fourth-order valence-corrected chi connectivity index (χ4v) is 3.77. The summed E-state index contributed by atoms with van der Waals surface area (Å²) in [5, 5.41) is 0. The zero-order valence-corrected chi connectivity index (χ0v) is 13.5. The van der Waals surface area contributed by atoms with Crippen LogP contribution in [0.2, 0.25) is 0 Å². The van der Waals surface area contributed by atoms with Gasteiger partial charge in [0.05, 0.1) is 13.7 Å². The maximum Gasteiger partial charge on any atom is 0.122 e. The Bertz CT molecular complexity index is 610. The minimum atomic E-state index is 0.0807. The fraction of sp³-hybridized carbons (Fsp3) is 0.400. The van der Waals surface area contributed by atoms with Crippen LogP contribution >= 0.6 is 0 Å². The van der Waals surface area contributed by atoms with Gasteiger partial charge in [-0.25, -0.2) is 0 Å². The highest BCUT2D eigenvalue weighted by Gasteiger charge is 2.39. The summed E-state index contributed by atoms with van der Waals surface area (Å²) in [5.74, 6) is 1.94. The third-order valence-electron chi connectivity index (χ3n) is 4.80. The number of benzene rings is 2. The van der Waals surface area contributed by atoms with E-state index in [4.69, 9.17) is 9.47 Å². The minimum Gasteiger partial charge on any atom is -0.496 e. The number of hydrogen-bond donors (Lipinski definition) is 0. The molecule has 2 nitrogen and oxygen atoms in total. The van der Waals surface area contributed by atoms with Gasteiger partial charge < -0.3 is 9.47 Å². The molecule has 1 fully saturated rings.